The highest BCUT2D eigenvalue weighted by Crippen LogP contribution is 2.02. The molecule has 1 aliphatic rings. The van der Waals surface area contributed by atoms with Gasteiger partial charge >= 0.3 is 0 Å². The van der Waals surface area contributed by atoms with Gasteiger partial charge in [0.25, 0.3) is 0 Å². The lowest BCUT2D eigenvalue weighted by Crippen LogP contribution is -2.49. The number of hydrogen-bond donors (Lipinski definition) is 1. The lowest BCUT2D eigenvalue weighted by Gasteiger charge is -2.34. The van der Waals surface area contributed by atoms with Crippen LogP contribution in [0.3, 0.4) is 0 Å². The van der Waals surface area contributed by atoms with Gasteiger partial charge in [-0.05, 0) is 6.42 Å². The molecule has 0 aromatic heterocycles. The lowest BCUT2D eigenvalue weighted by atomic mass is 10.3. The van der Waals surface area contributed by atoms with Crippen molar-refractivity contribution in [1.82, 2.24) is 9.80 Å². The van der Waals surface area contributed by atoms with Crippen molar-refractivity contribution in [2.45, 2.75) is 6.42 Å². The second-order valence-electron chi connectivity index (χ2n) is 3.73. The van der Waals surface area contributed by atoms with Crippen LogP contribution in [0, 0.1) is 0 Å². The molecule has 1 aliphatic heterocycles. The number of methoxy groups -OCH3 is 1. The number of carbonyl (C=O) groups excluding carboxylic acids is 1. The number of aliphatic hydroxyl groups is 1. The minimum Gasteiger partial charge on any atom is -0.396 e. The predicted molar refractivity (Wildman–Crippen MR) is 56.6 cm³/mol. The zero-order chi connectivity index (χ0) is 11.1. The molecule has 0 aromatic rings. The molecule has 1 saturated heterocycles. The van der Waals surface area contributed by atoms with Gasteiger partial charge in [0.1, 0.15) is 6.61 Å². The third-order valence-corrected chi connectivity index (χ3v) is 2.63. The number of hydrogen-bond acceptors (Lipinski definition) is 4. The maximum absolute atomic E-state index is 11.5. The van der Waals surface area contributed by atoms with Crippen LogP contribution in [0.5, 0.6) is 0 Å². The SMILES string of the molecule is COCC(=O)N1CCN(CCCO)CC1. The van der Waals surface area contributed by atoms with Gasteiger partial charge in [-0.25, -0.2) is 0 Å². The minimum absolute atomic E-state index is 0.0688. The average molecular weight is 216 g/mol. The predicted octanol–water partition coefficient (Wildman–Crippen LogP) is -0.841. The molecule has 5 heteroatoms. The molecule has 15 heavy (non-hydrogen) atoms. The zero-order valence-electron chi connectivity index (χ0n) is 9.31. The van der Waals surface area contributed by atoms with Gasteiger partial charge in [0, 0.05) is 46.4 Å². The van der Waals surface area contributed by atoms with E-state index in [1.165, 1.54) is 7.11 Å². The van der Waals surface area contributed by atoms with Gasteiger partial charge in [0.15, 0.2) is 0 Å². The molecule has 1 amide bonds. The van der Waals surface area contributed by atoms with Crippen LogP contribution in [0.15, 0.2) is 0 Å². The first-order chi connectivity index (χ1) is 7.27. The molecule has 0 radical (unpaired) electrons. The van der Waals surface area contributed by atoms with Crippen LogP contribution in [0.4, 0.5) is 0 Å². The van der Waals surface area contributed by atoms with Gasteiger partial charge in [-0.3, -0.25) is 9.69 Å². The average Bonchev–Trinajstić information content (AvgIpc) is 2.27. The molecule has 0 aliphatic carbocycles. The van der Waals surface area contributed by atoms with E-state index in [1.807, 2.05) is 4.90 Å². The summed E-state index contributed by atoms with van der Waals surface area (Å²) in [7, 11) is 1.54. The number of piperazine rings is 1. The van der Waals surface area contributed by atoms with E-state index >= 15 is 0 Å². The highest BCUT2D eigenvalue weighted by molar-refractivity contribution is 5.77. The molecule has 88 valence electrons. The molecule has 1 heterocycles. The third-order valence-electron chi connectivity index (χ3n) is 2.63. The quantitative estimate of drug-likeness (QED) is 0.651. The van der Waals surface area contributed by atoms with Crippen molar-refractivity contribution in [3.63, 3.8) is 0 Å². The number of rotatable bonds is 5. The largest absolute Gasteiger partial charge is 0.396 e. The smallest absolute Gasteiger partial charge is 0.248 e. The van der Waals surface area contributed by atoms with Crippen LogP contribution in [0.25, 0.3) is 0 Å². The van der Waals surface area contributed by atoms with Gasteiger partial charge in [-0.15, -0.1) is 0 Å². The summed E-state index contributed by atoms with van der Waals surface area (Å²) < 4.78 is 4.81. The summed E-state index contributed by atoms with van der Waals surface area (Å²) in [5.74, 6) is 0.0688. The molecule has 0 atom stereocenters. The fraction of sp³-hybridized carbons (Fsp3) is 0.900. The van der Waals surface area contributed by atoms with E-state index in [-0.39, 0.29) is 19.1 Å². The molecule has 0 saturated carbocycles. The van der Waals surface area contributed by atoms with Crippen molar-refractivity contribution >= 4 is 5.91 Å². The minimum atomic E-state index is 0.0688. The molecule has 1 N–H and O–H groups in total. The Bertz CT molecular complexity index is 191. The molecule has 0 aromatic carbocycles. The first-order valence-corrected chi connectivity index (χ1v) is 5.38. The summed E-state index contributed by atoms with van der Waals surface area (Å²) in [6, 6.07) is 0. The Morgan fingerprint density at radius 1 is 1.33 bits per heavy atom. The van der Waals surface area contributed by atoms with E-state index in [2.05, 4.69) is 4.90 Å². The van der Waals surface area contributed by atoms with Crippen LogP contribution in [-0.2, 0) is 9.53 Å². The molecular formula is C10H20N2O3. The normalized spacial score (nSPS) is 18.1. The first kappa shape index (κ1) is 12.4. The monoisotopic (exact) mass is 216 g/mol. The third kappa shape index (κ3) is 4.15. The van der Waals surface area contributed by atoms with Crippen molar-refractivity contribution in [2.24, 2.45) is 0 Å². The Morgan fingerprint density at radius 2 is 2.00 bits per heavy atom. The van der Waals surface area contributed by atoms with Gasteiger partial charge in [-0.2, -0.15) is 0 Å². The second kappa shape index (κ2) is 6.76. The van der Waals surface area contributed by atoms with Crippen LogP contribution < -0.4 is 0 Å². The molecule has 5 nitrogen and oxygen atoms in total. The van der Waals surface area contributed by atoms with Crippen molar-refractivity contribution < 1.29 is 14.6 Å². The Balaban J connectivity index is 2.20. The summed E-state index contributed by atoms with van der Waals surface area (Å²) >= 11 is 0. The van der Waals surface area contributed by atoms with Gasteiger partial charge in [-0.1, -0.05) is 0 Å². The lowest BCUT2D eigenvalue weighted by molar-refractivity contribution is -0.136. The van der Waals surface area contributed by atoms with Gasteiger partial charge < -0.3 is 14.7 Å². The molecule has 1 rings (SSSR count). The molecule has 0 spiro atoms. The molecule has 0 unspecified atom stereocenters. The Morgan fingerprint density at radius 3 is 2.53 bits per heavy atom. The summed E-state index contributed by atoms with van der Waals surface area (Å²) in [6.07, 6.45) is 0.812. The number of carbonyl (C=O) groups is 1. The van der Waals surface area contributed by atoms with Gasteiger partial charge in [0.05, 0.1) is 0 Å². The second-order valence-corrected chi connectivity index (χ2v) is 3.73. The van der Waals surface area contributed by atoms with Crippen molar-refractivity contribution in [2.75, 3.05) is 53.0 Å². The van der Waals surface area contributed by atoms with E-state index in [9.17, 15) is 4.79 Å². The van der Waals surface area contributed by atoms with E-state index in [1.54, 1.807) is 0 Å². The number of amides is 1. The first-order valence-electron chi connectivity index (χ1n) is 5.38. The highest BCUT2D eigenvalue weighted by Gasteiger charge is 2.19. The molecule has 1 fully saturated rings. The maximum atomic E-state index is 11.5. The standard InChI is InChI=1S/C10H20N2O3/c1-15-9-10(14)12-6-4-11(5-7-12)3-2-8-13/h13H,2-9H2,1H3. The topological polar surface area (TPSA) is 53.0 Å². The van der Waals surface area contributed by atoms with E-state index < -0.39 is 0 Å². The van der Waals surface area contributed by atoms with Crippen LogP contribution in [-0.4, -0.2) is 73.9 Å². The van der Waals surface area contributed by atoms with Crippen LogP contribution >= 0.6 is 0 Å². The fourth-order valence-corrected chi connectivity index (χ4v) is 1.73. The maximum Gasteiger partial charge on any atom is 0.248 e. The zero-order valence-corrected chi connectivity index (χ0v) is 9.31. The Labute approximate surface area is 90.6 Å². The van der Waals surface area contributed by atoms with E-state index in [0.29, 0.717) is 0 Å². The fourth-order valence-electron chi connectivity index (χ4n) is 1.73. The summed E-state index contributed by atoms with van der Waals surface area (Å²) in [6.45, 7) is 4.68. The molecule has 0 bridgehead atoms. The van der Waals surface area contributed by atoms with E-state index in [0.717, 1.165) is 39.1 Å². The number of ether oxygens (including phenoxy) is 1. The Kier molecular flexibility index (Phi) is 5.60. The van der Waals surface area contributed by atoms with Crippen molar-refractivity contribution in [3.05, 3.63) is 0 Å². The molecular weight excluding hydrogens is 196 g/mol. The van der Waals surface area contributed by atoms with Crippen molar-refractivity contribution in [1.29, 1.82) is 0 Å². The highest BCUT2D eigenvalue weighted by atomic mass is 16.5. The van der Waals surface area contributed by atoms with Crippen molar-refractivity contribution in [3.8, 4) is 0 Å². The van der Waals surface area contributed by atoms with Gasteiger partial charge in [0.2, 0.25) is 5.91 Å². The summed E-state index contributed by atoms with van der Waals surface area (Å²) in [5.41, 5.74) is 0. The number of aliphatic hydroxyl groups excluding tert-OH is 1. The number of nitrogens with zero attached hydrogens (tertiary/aromatic N) is 2. The summed E-state index contributed by atoms with van der Waals surface area (Å²) in [5, 5.41) is 8.70. The van der Waals surface area contributed by atoms with Crippen LogP contribution in [0.1, 0.15) is 6.42 Å². The summed E-state index contributed by atoms with van der Waals surface area (Å²) in [4.78, 5) is 15.6. The Hall–Kier alpha value is -0.650. The van der Waals surface area contributed by atoms with E-state index in [4.69, 9.17) is 9.84 Å². The van der Waals surface area contributed by atoms with Crippen LogP contribution in [0.2, 0.25) is 0 Å².